The third-order valence-corrected chi connectivity index (χ3v) is 2.71. The number of halogens is 1. The number of ether oxygens (including phenoxy) is 1. The molecule has 0 aliphatic rings. The summed E-state index contributed by atoms with van der Waals surface area (Å²) in [5.74, 6) is 0.631. The fraction of sp³-hybridized carbons (Fsp3) is 0.143. The van der Waals surface area contributed by atoms with Gasteiger partial charge >= 0.3 is 6.03 Å². The van der Waals surface area contributed by atoms with E-state index in [9.17, 15) is 4.79 Å². The number of aryl methyl sites for hydroxylation is 1. The number of rotatable bonds is 4. The summed E-state index contributed by atoms with van der Waals surface area (Å²) in [5.41, 5.74) is 1.52. The number of aromatic nitrogens is 1. The van der Waals surface area contributed by atoms with E-state index in [2.05, 4.69) is 15.6 Å². The van der Waals surface area contributed by atoms with E-state index in [1.165, 1.54) is 0 Å². The zero-order valence-corrected chi connectivity index (χ0v) is 11.6. The highest BCUT2D eigenvalue weighted by molar-refractivity contribution is 6.30. The second-order valence-corrected chi connectivity index (χ2v) is 4.50. The average molecular weight is 292 g/mol. The molecule has 0 fully saturated rings. The van der Waals surface area contributed by atoms with Crippen LogP contribution in [0.15, 0.2) is 42.6 Å². The van der Waals surface area contributed by atoms with Crippen molar-refractivity contribution in [2.75, 3.05) is 12.0 Å². The van der Waals surface area contributed by atoms with Crippen molar-refractivity contribution < 1.29 is 9.53 Å². The lowest BCUT2D eigenvalue weighted by Gasteiger charge is -2.09. The zero-order chi connectivity index (χ0) is 14.4. The Bertz CT molecular complexity index is 570. The number of carbonyl (C=O) groups excluding carboxylic acids is 1. The van der Waals surface area contributed by atoms with Gasteiger partial charge in [-0.1, -0.05) is 11.6 Å². The van der Waals surface area contributed by atoms with Crippen molar-refractivity contribution in [1.29, 1.82) is 0 Å². The lowest BCUT2D eigenvalue weighted by molar-refractivity contribution is 0.234. The van der Waals surface area contributed by atoms with Crippen LogP contribution in [0.2, 0.25) is 5.02 Å². The van der Waals surface area contributed by atoms with Gasteiger partial charge in [0.15, 0.2) is 6.73 Å². The monoisotopic (exact) mass is 291 g/mol. The van der Waals surface area contributed by atoms with Crippen LogP contribution >= 0.6 is 11.6 Å². The number of hydrogen-bond donors (Lipinski definition) is 2. The minimum atomic E-state index is -0.357. The lowest BCUT2D eigenvalue weighted by Crippen LogP contribution is -2.32. The van der Waals surface area contributed by atoms with Gasteiger partial charge in [0.05, 0.1) is 11.9 Å². The molecule has 20 heavy (non-hydrogen) atoms. The van der Waals surface area contributed by atoms with Crippen molar-refractivity contribution in [2.24, 2.45) is 0 Å². The Morgan fingerprint density at radius 2 is 2.00 bits per heavy atom. The highest BCUT2D eigenvalue weighted by Gasteiger charge is 2.01. The zero-order valence-electron chi connectivity index (χ0n) is 10.9. The maximum atomic E-state index is 11.6. The maximum Gasteiger partial charge on any atom is 0.321 e. The number of carbonyl (C=O) groups is 1. The van der Waals surface area contributed by atoms with E-state index < -0.39 is 0 Å². The fourth-order valence-electron chi connectivity index (χ4n) is 1.43. The second kappa shape index (κ2) is 6.77. The molecule has 1 heterocycles. The van der Waals surface area contributed by atoms with Crippen LogP contribution in [0, 0.1) is 6.92 Å². The first-order valence-corrected chi connectivity index (χ1v) is 6.37. The number of amides is 2. The average Bonchev–Trinajstić information content (AvgIpc) is 2.44. The highest BCUT2D eigenvalue weighted by Crippen LogP contribution is 2.14. The van der Waals surface area contributed by atoms with Gasteiger partial charge in [0, 0.05) is 10.7 Å². The summed E-state index contributed by atoms with van der Waals surface area (Å²) >= 11 is 5.76. The largest absolute Gasteiger partial charge is 0.473 e. The molecule has 2 N–H and O–H groups in total. The van der Waals surface area contributed by atoms with Crippen LogP contribution in [0.4, 0.5) is 10.5 Å². The van der Waals surface area contributed by atoms with Crippen LogP contribution in [0.5, 0.6) is 5.75 Å². The van der Waals surface area contributed by atoms with Crippen LogP contribution in [-0.4, -0.2) is 17.7 Å². The van der Waals surface area contributed by atoms with E-state index in [-0.39, 0.29) is 12.8 Å². The van der Waals surface area contributed by atoms with Crippen LogP contribution in [0.25, 0.3) is 0 Å². The summed E-state index contributed by atoms with van der Waals surface area (Å²) in [6, 6.07) is 10.1. The summed E-state index contributed by atoms with van der Waals surface area (Å²) in [4.78, 5) is 15.7. The predicted molar refractivity (Wildman–Crippen MR) is 78.1 cm³/mol. The van der Waals surface area contributed by atoms with Gasteiger partial charge in [0.25, 0.3) is 0 Å². The molecule has 0 bridgehead atoms. The number of hydrogen-bond acceptors (Lipinski definition) is 3. The van der Waals surface area contributed by atoms with Gasteiger partial charge in [-0.05, 0) is 43.3 Å². The molecule has 2 amide bonds. The minimum absolute atomic E-state index is 0.0623. The van der Waals surface area contributed by atoms with Gasteiger partial charge in [0.2, 0.25) is 0 Å². The smallest absolute Gasteiger partial charge is 0.321 e. The van der Waals surface area contributed by atoms with Gasteiger partial charge < -0.3 is 15.4 Å². The Kier molecular flexibility index (Phi) is 4.79. The fourth-order valence-corrected chi connectivity index (χ4v) is 1.56. The molecule has 6 heteroatoms. The van der Waals surface area contributed by atoms with E-state index in [0.717, 1.165) is 5.69 Å². The molecule has 0 saturated heterocycles. The van der Waals surface area contributed by atoms with Crippen molar-refractivity contribution in [1.82, 2.24) is 10.3 Å². The molecule has 0 unspecified atom stereocenters. The number of benzene rings is 1. The van der Waals surface area contributed by atoms with E-state index in [1.54, 1.807) is 36.5 Å². The van der Waals surface area contributed by atoms with E-state index in [0.29, 0.717) is 16.5 Å². The Morgan fingerprint density at radius 3 is 2.65 bits per heavy atom. The van der Waals surface area contributed by atoms with Crippen LogP contribution in [0.1, 0.15) is 5.69 Å². The molecule has 0 saturated carbocycles. The molecule has 2 aromatic rings. The topological polar surface area (TPSA) is 63.2 Å². The number of nitrogens with zero attached hydrogens (tertiary/aromatic N) is 1. The van der Waals surface area contributed by atoms with E-state index >= 15 is 0 Å². The van der Waals surface area contributed by atoms with Gasteiger partial charge in [-0.15, -0.1) is 0 Å². The predicted octanol–water partition coefficient (Wildman–Crippen LogP) is 3.20. The standard InChI is InChI=1S/C14H14ClN3O2/c1-10-2-5-12(8-16-10)18-14(19)17-9-20-13-6-3-11(15)4-7-13/h2-8H,9H2,1H3,(H2,17,18,19). The molecular formula is C14H14ClN3O2. The molecule has 5 nitrogen and oxygen atoms in total. The van der Waals surface area contributed by atoms with Crippen molar-refractivity contribution >= 4 is 23.3 Å². The third kappa shape index (κ3) is 4.44. The number of pyridine rings is 1. The highest BCUT2D eigenvalue weighted by atomic mass is 35.5. The van der Waals surface area contributed by atoms with Crippen LogP contribution in [0.3, 0.4) is 0 Å². The van der Waals surface area contributed by atoms with Gasteiger partial charge in [0.1, 0.15) is 5.75 Å². The first-order valence-electron chi connectivity index (χ1n) is 5.99. The Morgan fingerprint density at radius 1 is 1.25 bits per heavy atom. The summed E-state index contributed by atoms with van der Waals surface area (Å²) < 4.78 is 5.34. The molecule has 1 aromatic heterocycles. The summed E-state index contributed by atoms with van der Waals surface area (Å²) in [5, 5.41) is 5.86. The third-order valence-electron chi connectivity index (χ3n) is 2.45. The van der Waals surface area contributed by atoms with Gasteiger partial charge in [-0.25, -0.2) is 4.79 Å². The number of anilines is 1. The molecular weight excluding hydrogens is 278 g/mol. The van der Waals surface area contributed by atoms with Crippen molar-refractivity contribution in [3.8, 4) is 5.75 Å². The van der Waals surface area contributed by atoms with Crippen LogP contribution in [-0.2, 0) is 0 Å². The maximum absolute atomic E-state index is 11.6. The van der Waals surface area contributed by atoms with E-state index in [4.69, 9.17) is 16.3 Å². The molecule has 104 valence electrons. The van der Waals surface area contributed by atoms with Crippen LogP contribution < -0.4 is 15.4 Å². The molecule has 0 radical (unpaired) electrons. The van der Waals surface area contributed by atoms with Crippen molar-refractivity contribution in [2.45, 2.75) is 6.92 Å². The summed E-state index contributed by atoms with van der Waals surface area (Å²) in [6.45, 7) is 1.94. The normalized spacial score (nSPS) is 9.90. The Labute approximate surface area is 121 Å². The molecule has 0 aliphatic carbocycles. The summed E-state index contributed by atoms with van der Waals surface area (Å²) in [6.07, 6.45) is 1.59. The number of urea groups is 1. The minimum Gasteiger partial charge on any atom is -0.473 e. The van der Waals surface area contributed by atoms with Gasteiger partial charge in [-0.3, -0.25) is 4.98 Å². The Balaban J connectivity index is 1.75. The molecule has 0 atom stereocenters. The molecule has 0 spiro atoms. The quantitative estimate of drug-likeness (QED) is 0.850. The second-order valence-electron chi connectivity index (χ2n) is 4.06. The Hall–Kier alpha value is -2.27. The molecule has 2 rings (SSSR count). The first kappa shape index (κ1) is 14.1. The lowest BCUT2D eigenvalue weighted by atomic mass is 10.3. The van der Waals surface area contributed by atoms with E-state index in [1.807, 2.05) is 13.0 Å². The first-order chi connectivity index (χ1) is 9.63. The molecule has 1 aromatic carbocycles. The molecule has 0 aliphatic heterocycles. The number of nitrogens with one attached hydrogen (secondary N) is 2. The van der Waals surface area contributed by atoms with Crippen molar-refractivity contribution in [3.63, 3.8) is 0 Å². The summed E-state index contributed by atoms with van der Waals surface area (Å²) in [7, 11) is 0. The van der Waals surface area contributed by atoms with Crippen molar-refractivity contribution in [3.05, 3.63) is 53.3 Å². The SMILES string of the molecule is Cc1ccc(NC(=O)NCOc2ccc(Cl)cc2)cn1. The van der Waals surface area contributed by atoms with Gasteiger partial charge in [-0.2, -0.15) is 0 Å².